The van der Waals surface area contributed by atoms with Crippen LogP contribution in [0.2, 0.25) is 0 Å². The number of rotatable bonds is 7. The topological polar surface area (TPSA) is 64.3 Å². The first-order valence-corrected chi connectivity index (χ1v) is 9.34. The quantitative estimate of drug-likeness (QED) is 0.580. The number of halogens is 3. The first-order valence-electron chi connectivity index (χ1n) is 9.34. The summed E-state index contributed by atoms with van der Waals surface area (Å²) in [5, 5.41) is 9.21. The third-order valence-electron chi connectivity index (χ3n) is 4.63. The smallest absolute Gasteiger partial charge is 0.434 e. The van der Waals surface area contributed by atoms with Gasteiger partial charge in [0.2, 0.25) is 0 Å². The van der Waals surface area contributed by atoms with Crippen LogP contribution in [-0.4, -0.2) is 34.3 Å². The van der Waals surface area contributed by atoms with Gasteiger partial charge in [-0.25, -0.2) is 9.78 Å². The van der Waals surface area contributed by atoms with Crippen LogP contribution in [-0.2, 0) is 23.9 Å². The predicted molar refractivity (Wildman–Crippen MR) is 105 cm³/mol. The maximum atomic E-state index is 13.4. The SMILES string of the molecule is COC(=O)c1ccc(-c2nc(C(F)(F)F)cn2Cc2ccccc2)c(CCCO)c1. The summed E-state index contributed by atoms with van der Waals surface area (Å²) in [7, 11) is 1.26. The largest absolute Gasteiger partial charge is 0.465 e. The van der Waals surface area contributed by atoms with Gasteiger partial charge >= 0.3 is 12.1 Å². The van der Waals surface area contributed by atoms with Crippen molar-refractivity contribution in [1.82, 2.24) is 9.55 Å². The van der Waals surface area contributed by atoms with Gasteiger partial charge in [-0.05, 0) is 36.1 Å². The lowest BCUT2D eigenvalue weighted by Crippen LogP contribution is -2.06. The molecule has 0 saturated carbocycles. The van der Waals surface area contributed by atoms with Crippen molar-refractivity contribution < 1.29 is 27.8 Å². The Morgan fingerprint density at radius 1 is 1.17 bits per heavy atom. The monoisotopic (exact) mass is 418 g/mol. The minimum atomic E-state index is -4.59. The van der Waals surface area contributed by atoms with Gasteiger partial charge in [-0.2, -0.15) is 13.2 Å². The lowest BCUT2D eigenvalue weighted by atomic mass is 9.99. The van der Waals surface area contributed by atoms with Gasteiger partial charge in [0.15, 0.2) is 5.69 Å². The van der Waals surface area contributed by atoms with E-state index in [4.69, 9.17) is 4.74 Å². The van der Waals surface area contributed by atoms with Crippen molar-refractivity contribution in [3.63, 3.8) is 0 Å². The zero-order valence-electron chi connectivity index (χ0n) is 16.3. The van der Waals surface area contributed by atoms with Gasteiger partial charge in [-0.3, -0.25) is 0 Å². The number of aliphatic hydroxyl groups excluding tert-OH is 1. The minimum Gasteiger partial charge on any atom is -0.465 e. The number of carbonyl (C=O) groups excluding carboxylic acids is 1. The number of carbonyl (C=O) groups is 1. The molecule has 1 N–H and O–H groups in total. The Morgan fingerprint density at radius 2 is 1.90 bits per heavy atom. The lowest BCUT2D eigenvalue weighted by molar-refractivity contribution is -0.140. The van der Waals surface area contributed by atoms with Crippen LogP contribution in [0.15, 0.2) is 54.7 Å². The second kappa shape index (κ2) is 9.13. The maximum Gasteiger partial charge on any atom is 0.434 e. The highest BCUT2D eigenvalue weighted by molar-refractivity contribution is 5.90. The molecule has 0 radical (unpaired) electrons. The number of alkyl halides is 3. The van der Waals surface area contributed by atoms with E-state index in [2.05, 4.69) is 4.98 Å². The van der Waals surface area contributed by atoms with E-state index in [0.29, 0.717) is 24.0 Å². The number of esters is 1. The standard InChI is InChI=1S/C22H21F3N2O3/c1-30-21(29)17-9-10-18(16(12-17)8-5-11-28)20-26-19(22(23,24)25)14-27(20)13-15-6-3-2-4-7-15/h2-4,6-7,9-10,12,14,28H,5,8,11,13H2,1H3. The highest BCUT2D eigenvalue weighted by atomic mass is 19.4. The van der Waals surface area contributed by atoms with E-state index in [-0.39, 0.29) is 24.5 Å². The van der Waals surface area contributed by atoms with Crippen LogP contribution in [0, 0.1) is 0 Å². The van der Waals surface area contributed by atoms with Gasteiger partial charge in [-0.1, -0.05) is 36.4 Å². The number of methoxy groups -OCH3 is 1. The molecule has 5 nitrogen and oxygen atoms in total. The number of hydrogen-bond donors (Lipinski definition) is 1. The fourth-order valence-electron chi connectivity index (χ4n) is 3.20. The molecule has 1 heterocycles. The van der Waals surface area contributed by atoms with Crippen LogP contribution < -0.4 is 0 Å². The van der Waals surface area contributed by atoms with E-state index < -0.39 is 17.8 Å². The molecule has 0 spiro atoms. The molecular formula is C22H21F3N2O3. The third kappa shape index (κ3) is 4.88. The third-order valence-corrected chi connectivity index (χ3v) is 4.63. The Bertz CT molecular complexity index is 1010. The Kier molecular flexibility index (Phi) is 6.56. The molecule has 0 fully saturated rings. The molecular weight excluding hydrogens is 397 g/mol. The van der Waals surface area contributed by atoms with E-state index in [1.807, 2.05) is 30.3 Å². The molecule has 0 amide bonds. The Hall–Kier alpha value is -3.13. The van der Waals surface area contributed by atoms with E-state index >= 15 is 0 Å². The number of aliphatic hydroxyl groups is 1. The summed E-state index contributed by atoms with van der Waals surface area (Å²) in [6.07, 6.45) is -2.83. The number of imidazole rings is 1. The second-order valence-electron chi connectivity index (χ2n) is 6.75. The van der Waals surface area contributed by atoms with Crippen LogP contribution >= 0.6 is 0 Å². The average molecular weight is 418 g/mol. The zero-order chi connectivity index (χ0) is 21.7. The normalized spacial score (nSPS) is 11.5. The minimum absolute atomic E-state index is 0.0891. The van der Waals surface area contributed by atoms with Crippen molar-refractivity contribution in [2.45, 2.75) is 25.6 Å². The molecule has 0 aliphatic heterocycles. The summed E-state index contributed by atoms with van der Waals surface area (Å²) in [5.74, 6) is -0.397. The highest BCUT2D eigenvalue weighted by Gasteiger charge is 2.35. The van der Waals surface area contributed by atoms with Crippen LogP contribution in [0.5, 0.6) is 0 Å². The van der Waals surface area contributed by atoms with Gasteiger partial charge in [0.1, 0.15) is 5.82 Å². The van der Waals surface area contributed by atoms with Gasteiger partial charge < -0.3 is 14.4 Å². The lowest BCUT2D eigenvalue weighted by Gasteiger charge is -2.13. The van der Waals surface area contributed by atoms with E-state index in [9.17, 15) is 23.1 Å². The van der Waals surface area contributed by atoms with Crippen molar-refractivity contribution in [3.8, 4) is 11.4 Å². The summed E-state index contributed by atoms with van der Waals surface area (Å²) in [5.41, 5.74) is 1.21. The molecule has 2 aromatic carbocycles. The first kappa shape index (κ1) is 21.6. The zero-order valence-corrected chi connectivity index (χ0v) is 16.3. The molecule has 1 aromatic heterocycles. The van der Waals surface area contributed by atoms with Gasteiger partial charge in [0.25, 0.3) is 0 Å². The first-order chi connectivity index (χ1) is 14.3. The summed E-state index contributed by atoms with van der Waals surface area (Å²) in [4.78, 5) is 15.8. The number of nitrogens with zero attached hydrogens (tertiary/aromatic N) is 2. The fourth-order valence-corrected chi connectivity index (χ4v) is 3.20. The van der Waals surface area contributed by atoms with Crippen molar-refractivity contribution in [2.75, 3.05) is 13.7 Å². The van der Waals surface area contributed by atoms with Gasteiger partial charge in [0, 0.05) is 24.9 Å². The molecule has 3 rings (SSSR count). The van der Waals surface area contributed by atoms with E-state index in [0.717, 1.165) is 11.8 Å². The molecule has 0 saturated heterocycles. The van der Waals surface area contributed by atoms with Gasteiger partial charge in [-0.15, -0.1) is 0 Å². The van der Waals surface area contributed by atoms with Crippen molar-refractivity contribution in [1.29, 1.82) is 0 Å². The molecule has 0 atom stereocenters. The molecule has 3 aromatic rings. The molecule has 0 aliphatic carbocycles. The molecule has 8 heteroatoms. The molecule has 158 valence electrons. The summed E-state index contributed by atoms with van der Waals surface area (Å²) in [6, 6.07) is 13.8. The summed E-state index contributed by atoms with van der Waals surface area (Å²) in [6.45, 7) is 0.117. The number of aromatic nitrogens is 2. The van der Waals surface area contributed by atoms with Crippen LogP contribution in [0.25, 0.3) is 11.4 Å². The van der Waals surface area contributed by atoms with E-state index in [1.165, 1.54) is 17.7 Å². The molecule has 0 bridgehead atoms. The van der Waals surface area contributed by atoms with Crippen molar-refractivity contribution >= 4 is 5.97 Å². The van der Waals surface area contributed by atoms with E-state index in [1.54, 1.807) is 12.1 Å². The predicted octanol–water partition coefficient (Wildman–Crippen LogP) is 4.33. The number of ether oxygens (including phenoxy) is 1. The summed E-state index contributed by atoms with van der Waals surface area (Å²) >= 11 is 0. The Labute approximate surface area is 171 Å². The second-order valence-corrected chi connectivity index (χ2v) is 6.75. The highest BCUT2D eigenvalue weighted by Crippen LogP contribution is 2.33. The van der Waals surface area contributed by atoms with Crippen LogP contribution in [0.4, 0.5) is 13.2 Å². The number of aryl methyl sites for hydroxylation is 1. The Morgan fingerprint density at radius 3 is 2.53 bits per heavy atom. The van der Waals surface area contributed by atoms with Gasteiger partial charge in [0.05, 0.1) is 12.7 Å². The molecule has 0 unspecified atom stereocenters. The van der Waals surface area contributed by atoms with Crippen molar-refractivity contribution in [2.24, 2.45) is 0 Å². The van der Waals surface area contributed by atoms with Crippen molar-refractivity contribution in [3.05, 3.63) is 77.1 Å². The molecule has 30 heavy (non-hydrogen) atoms. The molecule has 0 aliphatic rings. The van der Waals surface area contributed by atoms with Crippen LogP contribution in [0.1, 0.15) is 33.6 Å². The fraction of sp³-hybridized carbons (Fsp3) is 0.273. The average Bonchev–Trinajstić information content (AvgIpc) is 3.16. The Balaban J connectivity index is 2.12. The number of benzene rings is 2. The summed E-state index contributed by atoms with van der Waals surface area (Å²) < 4.78 is 46.3. The maximum absolute atomic E-state index is 13.4. The number of hydrogen-bond acceptors (Lipinski definition) is 4. The van der Waals surface area contributed by atoms with Crippen LogP contribution in [0.3, 0.4) is 0 Å².